The van der Waals surface area contributed by atoms with Crippen molar-refractivity contribution in [1.29, 1.82) is 0 Å². The molecule has 13 nitrogen and oxygen atoms in total. The number of nitrogens with one attached hydrogen (secondary N) is 2. The number of pyridine rings is 1. The molecular formula is C21H28N6O7S. The molecule has 0 aliphatic rings. The van der Waals surface area contributed by atoms with E-state index in [0.717, 1.165) is 4.57 Å². The fourth-order valence-corrected chi connectivity index (χ4v) is 4.33. The van der Waals surface area contributed by atoms with Crippen LogP contribution in [0.4, 0.5) is 5.69 Å². The molecule has 14 heteroatoms. The van der Waals surface area contributed by atoms with Crippen LogP contribution in [-0.2, 0) is 42.5 Å². The molecule has 2 rings (SSSR count). The number of rotatable bonds is 14. The molecule has 1 amide bonds. The molecule has 190 valence electrons. The summed E-state index contributed by atoms with van der Waals surface area (Å²) in [6.07, 6.45) is 2.66. The average molecular weight is 509 g/mol. The van der Waals surface area contributed by atoms with Crippen molar-refractivity contribution in [2.45, 2.75) is 36.9 Å². The van der Waals surface area contributed by atoms with Crippen LogP contribution in [0.15, 0.2) is 57.3 Å². The number of carbonyl (C=O) groups excluding carboxylic acids is 2. The van der Waals surface area contributed by atoms with Crippen molar-refractivity contribution in [1.82, 2.24) is 9.88 Å². The van der Waals surface area contributed by atoms with Crippen molar-refractivity contribution in [3.8, 4) is 0 Å². The predicted molar refractivity (Wildman–Crippen MR) is 128 cm³/mol. The highest BCUT2D eigenvalue weighted by molar-refractivity contribution is 7.92. The maximum absolute atomic E-state index is 12.9. The van der Waals surface area contributed by atoms with Crippen molar-refractivity contribution in [2.24, 2.45) is 16.5 Å². The van der Waals surface area contributed by atoms with E-state index in [1.165, 1.54) is 37.6 Å². The summed E-state index contributed by atoms with van der Waals surface area (Å²) in [7, 11) is -2.86. The van der Waals surface area contributed by atoms with Gasteiger partial charge in [0.1, 0.15) is 25.1 Å². The predicted octanol–water partition coefficient (Wildman–Crippen LogP) is -0.536. The molecule has 0 aliphatic heterocycles. The minimum Gasteiger partial charge on any atom is -0.370 e. The number of aldehydes is 1. The van der Waals surface area contributed by atoms with Crippen LogP contribution in [0.5, 0.6) is 0 Å². The van der Waals surface area contributed by atoms with Crippen LogP contribution in [0.3, 0.4) is 0 Å². The van der Waals surface area contributed by atoms with Crippen LogP contribution < -0.4 is 27.1 Å². The van der Waals surface area contributed by atoms with E-state index >= 15 is 0 Å². The van der Waals surface area contributed by atoms with Gasteiger partial charge in [-0.2, -0.15) is 0 Å². The molecule has 1 heterocycles. The summed E-state index contributed by atoms with van der Waals surface area (Å²) < 4.78 is 29.1. The number of guanidine groups is 1. The van der Waals surface area contributed by atoms with Crippen LogP contribution in [0.2, 0.25) is 0 Å². The average Bonchev–Trinajstić information content (AvgIpc) is 2.82. The van der Waals surface area contributed by atoms with Crippen molar-refractivity contribution in [2.75, 3.05) is 18.4 Å². The SMILES string of the molecule is COOCc1ccccc1S(=O)(=O)Nc1cccn(CC(=O)NC(C=O)CCCN=C(N)N)c1=O. The summed E-state index contributed by atoms with van der Waals surface area (Å²) in [4.78, 5) is 49.5. The molecule has 1 atom stereocenters. The number of nitrogens with zero attached hydrogens (tertiary/aromatic N) is 2. The Morgan fingerprint density at radius 1 is 1.23 bits per heavy atom. The number of carbonyl (C=O) groups is 2. The lowest BCUT2D eigenvalue weighted by Crippen LogP contribution is -2.40. The van der Waals surface area contributed by atoms with E-state index < -0.39 is 34.1 Å². The first-order valence-electron chi connectivity index (χ1n) is 10.4. The number of aliphatic imine (C=N–C) groups is 1. The Morgan fingerprint density at radius 2 is 1.97 bits per heavy atom. The fraction of sp³-hybridized carbons (Fsp3) is 0.333. The summed E-state index contributed by atoms with van der Waals surface area (Å²) in [5.74, 6) is -0.675. The molecule has 6 N–H and O–H groups in total. The van der Waals surface area contributed by atoms with Gasteiger partial charge in [-0.3, -0.25) is 19.3 Å². The van der Waals surface area contributed by atoms with Gasteiger partial charge in [0.25, 0.3) is 15.6 Å². The molecule has 1 aromatic heterocycles. The molecule has 0 aliphatic carbocycles. The topological polar surface area (TPSA) is 197 Å². The minimum atomic E-state index is -4.16. The maximum Gasteiger partial charge on any atom is 0.275 e. The Kier molecular flexibility index (Phi) is 10.4. The zero-order valence-electron chi connectivity index (χ0n) is 19.0. The van der Waals surface area contributed by atoms with Gasteiger partial charge in [0, 0.05) is 18.3 Å². The van der Waals surface area contributed by atoms with Crippen LogP contribution in [0.25, 0.3) is 0 Å². The van der Waals surface area contributed by atoms with Gasteiger partial charge in [0.2, 0.25) is 5.91 Å². The number of anilines is 1. The molecule has 2 aromatic rings. The summed E-state index contributed by atoms with van der Waals surface area (Å²) in [5, 5.41) is 2.51. The molecule has 35 heavy (non-hydrogen) atoms. The third-order valence-electron chi connectivity index (χ3n) is 4.65. The first-order chi connectivity index (χ1) is 16.7. The zero-order chi connectivity index (χ0) is 25.8. The van der Waals surface area contributed by atoms with Gasteiger partial charge in [-0.1, -0.05) is 18.2 Å². The lowest BCUT2D eigenvalue weighted by atomic mass is 10.2. The van der Waals surface area contributed by atoms with Crippen LogP contribution >= 0.6 is 0 Å². The van der Waals surface area contributed by atoms with E-state index in [1.54, 1.807) is 12.1 Å². The number of hydrogen-bond donors (Lipinski definition) is 4. The van der Waals surface area contributed by atoms with E-state index in [-0.39, 0.29) is 23.1 Å². The molecule has 0 radical (unpaired) electrons. The fourth-order valence-electron chi connectivity index (χ4n) is 3.05. The van der Waals surface area contributed by atoms with Crippen LogP contribution in [0, 0.1) is 0 Å². The molecule has 0 fully saturated rings. The van der Waals surface area contributed by atoms with Crippen molar-refractivity contribution >= 4 is 33.9 Å². The monoisotopic (exact) mass is 508 g/mol. The van der Waals surface area contributed by atoms with Crippen molar-refractivity contribution in [3.05, 3.63) is 58.5 Å². The maximum atomic E-state index is 12.9. The van der Waals surface area contributed by atoms with E-state index in [4.69, 9.17) is 16.4 Å². The largest absolute Gasteiger partial charge is 0.370 e. The van der Waals surface area contributed by atoms with Crippen molar-refractivity contribution < 1.29 is 27.8 Å². The number of benzene rings is 1. The van der Waals surface area contributed by atoms with Gasteiger partial charge >= 0.3 is 0 Å². The highest BCUT2D eigenvalue weighted by Gasteiger charge is 2.21. The number of amides is 1. The normalized spacial score (nSPS) is 11.9. The number of aromatic nitrogens is 1. The minimum absolute atomic E-state index is 0.0710. The Bertz CT molecular complexity index is 1210. The Balaban J connectivity index is 2.11. The molecule has 0 bridgehead atoms. The number of hydrogen-bond acceptors (Lipinski definition) is 8. The van der Waals surface area contributed by atoms with E-state index in [1.807, 2.05) is 0 Å². The highest BCUT2D eigenvalue weighted by Crippen LogP contribution is 2.19. The quantitative estimate of drug-likeness (QED) is 0.0647. The van der Waals surface area contributed by atoms with Crippen LogP contribution in [0.1, 0.15) is 18.4 Å². The first-order valence-corrected chi connectivity index (χ1v) is 11.9. The van der Waals surface area contributed by atoms with Gasteiger partial charge in [-0.15, -0.1) is 0 Å². The summed E-state index contributed by atoms with van der Waals surface area (Å²) in [6, 6.07) is 7.97. The summed E-state index contributed by atoms with van der Waals surface area (Å²) in [6.45, 7) is -0.257. The molecular weight excluding hydrogens is 480 g/mol. The summed E-state index contributed by atoms with van der Waals surface area (Å²) in [5.41, 5.74) is 9.79. The van der Waals surface area contributed by atoms with E-state index in [2.05, 4.69) is 19.9 Å². The van der Waals surface area contributed by atoms with Gasteiger partial charge in [-0.25, -0.2) is 18.2 Å². The standard InChI is InChI=1S/C21H28N6O7S/c1-33-34-14-15-6-2-3-9-18(15)35(31,32)26-17-8-5-11-27(20(17)30)12-19(29)25-16(13-28)7-4-10-24-21(22)23/h2-3,5-6,8-9,11,13,16,26H,4,7,10,12,14H2,1H3,(H,25,29)(H4,22,23,24). The Labute approximate surface area is 202 Å². The van der Waals surface area contributed by atoms with Gasteiger partial charge in [-0.05, 0) is 31.0 Å². The highest BCUT2D eigenvalue weighted by atomic mass is 32.2. The Morgan fingerprint density at radius 3 is 2.66 bits per heavy atom. The van der Waals surface area contributed by atoms with Crippen molar-refractivity contribution in [3.63, 3.8) is 0 Å². The second-order valence-corrected chi connectivity index (χ2v) is 8.91. The number of sulfonamides is 1. The number of nitrogens with two attached hydrogens (primary N) is 2. The first kappa shape index (κ1) is 27.5. The molecule has 0 spiro atoms. The molecule has 1 aromatic carbocycles. The van der Waals surface area contributed by atoms with Crippen LogP contribution in [-0.4, -0.2) is 50.8 Å². The van der Waals surface area contributed by atoms with E-state index in [0.29, 0.717) is 31.2 Å². The lowest BCUT2D eigenvalue weighted by molar-refractivity contribution is -0.282. The smallest absolute Gasteiger partial charge is 0.275 e. The lowest BCUT2D eigenvalue weighted by Gasteiger charge is -2.14. The zero-order valence-corrected chi connectivity index (χ0v) is 19.9. The summed E-state index contributed by atoms with van der Waals surface area (Å²) >= 11 is 0. The molecule has 0 saturated heterocycles. The second kappa shape index (κ2) is 13.2. The molecule has 1 unspecified atom stereocenters. The third-order valence-corrected chi connectivity index (χ3v) is 6.12. The van der Waals surface area contributed by atoms with E-state index in [9.17, 15) is 22.8 Å². The van der Waals surface area contributed by atoms with Gasteiger partial charge < -0.3 is 26.1 Å². The molecule has 0 saturated carbocycles. The van der Waals surface area contributed by atoms with Gasteiger partial charge in [0.15, 0.2) is 5.96 Å². The second-order valence-electron chi connectivity index (χ2n) is 7.26. The third kappa shape index (κ3) is 8.51. The van der Waals surface area contributed by atoms with Gasteiger partial charge in [0.05, 0.1) is 18.0 Å². The Hall–Kier alpha value is -3.75.